The van der Waals surface area contributed by atoms with Gasteiger partial charge in [0.05, 0.1) is 18.9 Å². The van der Waals surface area contributed by atoms with E-state index < -0.39 is 13.5 Å². The van der Waals surface area contributed by atoms with Crippen LogP contribution < -0.4 is 5.73 Å². The first kappa shape index (κ1) is 13.1. The molecule has 0 amide bonds. The summed E-state index contributed by atoms with van der Waals surface area (Å²) in [6, 6.07) is 0. The van der Waals surface area contributed by atoms with E-state index in [9.17, 15) is 9.67 Å². The monoisotopic (exact) mass is 209 g/mol. The van der Waals surface area contributed by atoms with Crippen molar-refractivity contribution in [1.82, 2.24) is 0 Å². The molecular weight excluding hydrogens is 189 g/mol. The number of nitrogens with two attached hydrogens (primary N) is 1. The summed E-state index contributed by atoms with van der Waals surface area (Å²) in [6.45, 7) is 6.10. The molecule has 5 heteroatoms. The summed E-state index contributed by atoms with van der Waals surface area (Å²) in [5.41, 5.74) is 5.21. The molecule has 2 atom stereocenters. The third-order valence-corrected chi connectivity index (χ3v) is 3.28. The van der Waals surface area contributed by atoms with Crippen molar-refractivity contribution in [2.24, 2.45) is 11.7 Å². The van der Waals surface area contributed by atoms with Gasteiger partial charge >= 0.3 is 0 Å². The van der Waals surface area contributed by atoms with Gasteiger partial charge in [0.15, 0.2) is 0 Å². The highest BCUT2D eigenvalue weighted by atomic mass is 31.2. The smallest absolute Gasteiger partial charge is 0.202 e. The highest BCUT2D eigenvalue weighted by Crippen LogP contribution is 2.43. The highest BCUT2D eigenvalue weighted by molar-refractivity contribution is 7.58. The van der Waals surface area contributed by atoms with Gasteiger partial charge in [-0.25, -0.2) is 0 Å². The van der Waals surface area contributed by atoms with E-state index in [0.717, 1.165) is 0 Å². The maximum atomic E-state index is 11.6. The number of hydrogen-bond acceptors (Lipinski definition) is 4. The summed E-state index contributed by atoms with van der Waals surface area (Å²) in [5.74, 6) is 0.350. The predicted octanol–water partition coefficient (Wildman–Crippen LogP) is 0.887. The molecule has 0 rings (SSSR count). The van der Waals surface area contributed by atoms with Crippen LogP contribution in [0.2, 0.25) is 0 Å². The normalized spacial score (nSPS) is 18.6. The van der Waals surface area contributed by atoms with Crippen LogP contribution in [0.3, 0.4) is 0 Å². The minimum Gasteiger partial charge on any atom is -0.391 e. The van der Waals surface area contributed by atoms with Crippen LogP contribution in [0, 0.1) is 5.92 Å². The Hall–Kier alpha value is 0.110. The summed E-state index contributed by atoms with van der Waals surface area (Å²) < 4.78 is 16.9. The van der Waals surface area contributed by atoms with Crippen molar-refractivity contribution >= 4 is 7.37 Å². The van der Waals surface area contributed by atoms with Gasteiger partial charge < -0.3 is 15.4 Å². The Kier molecular flexibility index (Phi) is 5.81. The zero-order chi connectivity index (χ0) is 10.5. The van der Waals surface area contributed by atoms with Gasteiger partial charge in [0.1, 0.15) is 0 Å². The minimum absolute atomic E-state index is 0.128. The molecule has 0 aliphatic rings. The van der Waals surface area contributed by atoms with Crippen LogP contribution in [0.25, 0.3) is 0 Å². The zero-order valence-electron chi connectivity index (χ0n) is 8.56. The Balaban J connectivity index is 3.87. The zero-order valence-corrected chi connectivity index (χ0v) is 9.46. The van der Waals surface area contributed by atoms with E-state index >= 15 is 0 Å². The second-order valence-electron chi connectivity index (χ2n) is 3.78. The van der Waals surface area contributed by atoms with Crippen LogP contribution in [0.1, 0.15) is 13.8 Å². The van der Waals surface area contributed by atoms with Crippen molar-refractivity contribution in [3.8, 4) is 0 Å². The quantitative estimate of drug-likeness (QED) is 0.637. The number of aliphatic hydroxyl groups excluding tert-OH is 1. The molecule has 0 bridgehead atoms. The summed E-state index contributed by atoms with van der Waals surface area (Å²) in [6.07, 6.45) is -0.570. The number of hydrogen-bond donors (Lipinski definition) is 2. The van der Waals surface area contributed by atoms with Crippen molar-refractivity contribution in [2.45, 2.75) is 20.0 Å². The van der Waals surface area contributed by atoms with Gasteiger partial charge in [-0.1, -0.05) is 13.8 Å². The van der Waals surface area contributed by atoms with Crippen molar-refractivity contribution < 1.29 is 14.2 Å². The van der Waals surface area contributed by atoms with Gasteiger partial charge in [0.2, 0.25) is 7.37 Å². The molecule has 0 heterocycles. The second-order valence-corrected chi connectivity index (χ2v) is 6.43. The fourth-order valence-corrected chi connectivity index (χ4v) is 2.45. The Labute approximate surface area is 79.9 Å². The molecule has 80 valence electrons. The largest absolute Gasteiger partial charge is 0.391 e. The number of aliphatic hydroxyl groups is 1. The maximum absolute atomic E-state index is 11.6. The fourth-order valence-electron chi connectivity index (χ4n) is 0.817. The maximum Gasteiger partial charge on any atom is 0.202 e. The van der Waals surface area contributed by atoms with E-state index in [1.165, 1.54) is 6.66 Å². The molecule has 0 aliphatic heterocycles. The molecule has 0 aromatic rings. The first-order valence-corrected chi connectivity index (χ1v) is 6.72. The van der Waals surface area contributed by atoms with Crippen LogP contribution in [-0.4, -0.2) is 37.2 Å². The molecule has 0 spiro atoms. The molecule has 0 aromatic heterocycles. The van der Waals surface area contributed by atoms with Gasteiger partial charge in [-0.3, -0.25) is 4.57 Å². The van der Waals surface area contributed by atoms with E-state index in [2.05, 4.69) is 0 Å². The van der Waals surface area contributed by atoms with E-state index in [4.69, 9.17) is 10.3 Å². The van der Waals surface area contributed by atoms with Gasteiger partial charge in [-0.05, 0) is 5.92 Å². The standard InChI is InChI=1S/C8H20NO3P/c1-7(2)5-12-13(3,11)6-8(10)4-9/h7-8,10H,4-6,9H2,1-3H3/t8-,13?/m1/s1. The lowest BCUT2D eigenvalue weighted by Crippen LogP contribution is -2.24. The summed E-state index contributed by atoms with van der Waals surface area (Å²) in [4.78, 5) is 0. The van der Waals surface area contributed by atoms with Crippen molar-refractivity contribution in [1.29, 1.82) is 0 Å². The van der Waals surface area contributed by atoms with Gasteiger partial charge in [-0.15, -0.1) is 0 Å². The first-order chi connectivity index (χ1) is 5.87. The Morgan fingerprint density at radius 2 is 2.08 bits per heavy atom. The molecule has 1 unspecified atom stereocenters. The second kappa shape index (κ2) is 5.76. The highest BCUT2D eigenvalue weighted by Gasteiger charge is 2.20. The van der Waals surface area contributed by atoms with Crippen molar-refractivity contribution in [2.75, 3.05) is 26.0 Å². The van der Waals surface area contributed by atoms with E-state index in [1.54, 1.807) is 0 Å². The van der Waals surface area contributed by atoms with E-state index in [-0.39, 0.29) is 12.7 Å². The molecule has 0 aliphatic carbocycles. The van der Waals surface area contributed by atoms with Gasteiger partial charge in [0.25, 0.3) is 0 Å². The fraction of sp³-hybridized carbons (Fsp3) is 1.00. The van der Waals surface area contributed by atoms with Crippen LogP contribution in [0.4, 0.5) is 0 Å². The van der Waals surface area contributed by atoms with Gasteiger partial charge in [0, 0.05) is 13.2 Å². The molecule has 3 N–H and O–H groups in total. The molecule has 4 nitrogen and oxygen atoms in total. The molecular formula is C8H20NO3P. The predicted molar refractivity (Wildman–Crippen MR) is 54.2 cm³/mol. The van der Waals surface area contributed by atoms with Gasteiger partial charge in [-0.2, -0.15) is 0 Å². The van der Waals surface area contributed by atoms with E-state index in [1.807, 2.05) is 13.8 Å². The summed E-state index contributed by atoms with van der Waals surface area (Å²) in [5, 5.41) is 9.18. The van der Waals surface area contributed by atoms with Crippen LogP contribution in [0.5, 0.6) is 0 Å². The summed E-state index contributed by atoms with van der Waals surface area (Å²) in [7, 11) is -2.65. The SMILES string of the molecule is CC(C)COP(C)(=O)C[C@H](O)CN. The Bertz CT molecular complexity index is 184. The Morgan fingerprint density at radius 1 is 1.54 bits per heavy atom. The third-order valence-electron chi connectivity index (χ3n) is 1.50. The van der Waals surface area contributed by atoms with Crippen molar-refractivity contribution in [3.63, 3.8) is 0 Å². The molecule has 0 radical (unpaired) electrons. The lowest BCUT2D eigenvalue weighted by atomic mass is 10.2. The first-order valence-electron chi connectivity index (χ1n) is 4.46. The molecule has 0 aromatic carbocycles. The summed E-state index contributed by atoms with van der Waals surface area (Å²) >= 11 is 0. The third kappa shape index (κ3) is 7.20. The van der Waals surface area contributed by atoms with E-state index in [0.29, 0.717) is 12.5 Å². The lowest BCUT2D eigenvalue weighted by Gasteiger charge is -2.17. The Morgan fingerprint density at radius 3 is 2.46 bits per heavy atom. The number of rotatable bonds is 6. The van der Waals surface area contributed by atoms with Crippen LogP contribution >= 0.6 is 7.37 Å². The van der Waals surface area contributed by atoms with Crippen LogP contribution in [-0.2, 0) is 9.09 Å². The minimum atomic E-state index is -2.65. The molecule has 0 fully saturated rings. The van der Waals surface area contributed by atoms with Crippen LogP contribution in [0.15, 0.2) is 0 Å². The lowest BCUT2D eigenvalue weighted by molar-refractivity contribution is 0.195. The van der Waals surface area contributed by atoms with Crippen molar-refractivity contribution in [3.05, 3.63) is 0 Å². The average molecular weight is 209 g/mol. The average Bonchev–Trinajstić information content (AvgIpc) is 2.00. The molecule has 0 saturated heterocycles. The molecule has 0 saturated carbocycles. The topological polar surface area (TPSA) is 72.5 Å². The molecule has 13 heavy (non-hydrogen) atoms.